The minimum atomic E-state index is 0.0929. The van der Waals surface area contributed by atoms with Gasteiger partial charge in [0.2, 0.25) is 0 Å². The van der Waals surface area contributed by atoms with Crippen LogP contribution in [0, 0.1) is 17.2 Å². The van der Waals surface area contributed by atoms with Crippen LogP contribution in [0.15, 0.2) is 24.3 Å². The smallest absolute Gasteiger partial charge is 0.122 e. The van der Waals surface area contributed by atoms with Gasteiger partial charge in [0.05, 0.1) is 19.1 Å². The molecule has 1 aromatic carbocycles. The third-order valence-electron chi connectivity index (χ3n) is 3.65. The molecule has 1 aliphatic carbocycles. The van der Waals surface area contributed by atoms with Crippen molar-refractivity contribution in [3.8, 4) is 11.8 Å². The monoisotopic (exact) mass is 244 g/mol. The summed E-state index contributed by atoms with van der Waals surface area (Å²) < 4.78 is 5.39. The fourth-order valence-electron chi connectivity index (χ4n) is 2.43. The van der Waals surface area contributed by atoms with Crippen LogP contribution in [0.4, 0.5) is 0 Å². The zero-order chi connectivity index (χ0) is 13.0. The van der Waals surface area contributed by atoms with Crippen LogP contribution in [0.3, 0.4) is 0 Å². The van der Waals surface area contributed by atoms with Crippen LogP contribution in [-0.4, -0.2) is 19.7 Å². The van der Waals surface area contributed by atoms with Crippen LogP contribution in [0.2, 0.25) is 0 Å². The van der Waals surface area contributed by atoms with Crippen LogP contribution >= 0.6 is 0 Å². The summed E-state index contributed by atoms with van der Waals surface area (Å²) in [5.41, 5.74) is 1.31. The summed E-state index contributed by atoms with van der Waals surface area (Å²) in [7, 11) is 1.72. The molecule has 1 atom stereocenters. The van der Waals surface area contributed by atoms with Crippen molar-refractivity contribution >= 4 is 0 Å². The average Bonchev–Trinajstić information content (AvgIpc) is 2.37. The topological polar surface area (TPSA) is 45.0 Å². The summed E-state index contributed by atoms with van der Waals surface area (Å²) in [4.78, 5) is 0. The Balaban J connectivity index is 1.84. The summed E-state index contributed by atoms with van der Waals surface area (Å²) in [5, 5.41) is 12.2. The molecule has 0 bridgehead atoms. The molecule has 0 aromatic heterocycles. The van der Waals surface area contributed by atoms with Crippen molar-refractivity contribution in [2.45, 2.75) is 31.7 Å². The van der Waals surface area contributed by atoms with Gasteiger partial charge in [-0.3, -0.25) is 0 Å². The Kier molecular flexibility index (Phi) is 4.22. The molecule has 1 saturated carbocycles. The molecule has 3 heteroatoms. The highest BCUT2D eigenvalue weighted by Gasteiger charge is 2.31. The van der Waals surface area contributed by atoms with E-state index in [9.17, 15) is 0 Å². The van der Waals surface area contributed by atoms with E-state index in [4.69, 9.17) is 10.00 Å². The van der Waals surface area contributed by atoms with Crippen molar-refractivity contribution in [2.24, 2.45) is 5.92 Å². The van der Waals surface area contributed by atoms with Gasteiger partial charge in [-0.2, -0.15) is 5.26 Å². The number of ether oxygens (including phenoxy) is 1. The molecule has 0 heterocycles. The molecule has 18 heavy (non-hydrogen) atoms. The van der Waals surface area contributed by atoms with Crippen molar-refractivity contribution in [3.63, 3.8) is 0 Å². The first-order chi connectivity index (χ1) is 8.74. The summed E-state index contributed by atoms with van der Waals surface area (Å²) in [5.74, 6) is 1.68. The number of benzene rings is 1. The second-order valence-electron chi connectivity index (χ2n) is 5.05. The maximum Gasteiger partial charge on any atom is 0.122 e. The van der Waals surface area contributed by atoms with Gasteiger partial charge in [-0.15, -0.1) is 0 Å². The molecule has 1 fully saturated rings. The molecule has 0 aliphatic heterocycles. The molecule has 0 spiro atoms. The Morgan fingerprint density at radius 2 is 2.17 bits per heavy atom. The van der Waals surface area contributed by atoms with E-state index in [1.165, 1.54) is 5.56 Å². The van der Waals surface area contributed by atoms with E-state index in [-0.39, 0.29) is 5.92 Å². The summed E-state index contributed by atoms with van der Waals surface area (Å²) in [6, 6.07) is 11.0. The first kappa shape index (κ1) is 12.9. The molecule has 1 N–H and O–H groups in total. The average molecular weight is 244 g/mol. The molecular weight excluding hydrogens is 224 g/mol. The second kappa shape index (κ2) is 5.88. The zero-order valence-electron chi connectivity index (χ0n) is 11.0. The Morgan fingerprint density at radius 1 is 1.44 bits per heavy atom. The Hall–Kier alpha value is -1.53. The van der Waals surface area contributed by atoms with Gasteiger partial charge in [0.25, 0.3) is 0 Å². The van der Waals surface area contributed by atoms with Gasteiger partial charge in [0.1, 0.15) is 5.75 Å². The second-order valence-corrected chi connectivity index (χ2v) is 5.05. The first-order valence-electron chi connectivity index (χ1n) is 6.50. The standard InChI is InChI=1S/C15H20N2O/c1-11(9-16)10-17-13-7-12(8-13)14-5-3-4-6-15(14)18-2/h3-6,11-13,17H,7-8,10H2,1-2H3. The number of methoxy groups -OCH3 is 1. The maximum absolute atomic E-state index is 8.73. The maximum atomic E-state index is 8.73. The fraction of sp³-hybridized carbons (Fsp3) is 0.533. The molecule has 2 rings (SSSR count). The Labute approximate surface area is 109 Å². The third-order valence-corrected chi connectivity index (χ3v) is 3.65. The molecule has 1 aliphatic rings. The fourth-order valence-corrected chi connectivity index (χ4v) is 2.43. The predicted octanol–water partition coefficient (Wildman–Crippen LogP) is 2.69. The molecule has 0 radical (unpaired) electrons. The van der Waals surface area contributed by atoms with Gasteiger partial charge >= 0.3 is 0 Å². The lowest BCUT2D eigenvalue weighted by atomic mass is 9.75. The van der Waals surface area contributed by atoms with Crippen LogP contribution < -0.4 is 10.1 Å². The quantitative estimate of drug-likeness (QED) is 0.866. The van der Waals surface area contributed by atoms with Gasteiger partial charge in [-0.05, 0) is 37.3 Å². The van der Waals surface area contributed by atoms with Gasteiger partial charge in [0, 0.05) is 12.6 Å². The number of nitrogens with zero attached hydrogens (tertiary/aromatic N) is 1. The highest BCUT2D eigenvalue weighted by atomic mass is 16.5. The van der Waals surface area contributed by atoms with Crippen molar-refractivity contribution in [3.05, 3.63) is 29.8 Å². The van der Waals surface area contributed by atoms with Crippen molar-refractivity contribution < 1.29 is 4.74 Å². The van der Waals surface area contributed by atoms with Crippen LogP contribution in [0.25, 0.3) is 0 Å². The zero-order valence-corrected chi connectivity index (χ0v) is 11.0. The molecule has 3 nitrogen and oxygen atoms in total. The summed E-state index contributed by atoms with van der Waals surface area (Å²) in [6.07, 6.45) is 2.27. The minimum absolute atomic E-state index is 0.0929. The van der Waals surface area contributed by atoms with E-state index in [1.807, 2.05) is 19.1 Å². The minimum Gasteiger partial charge on any atom is -0.496 e. The molecule has 1 aromatic rings. The van der Waals surface area contributed by atoms with Gasteiger partial charge in [-0.25, -0.2) is 0 Å². The number of nitriles is 1. The highest BCUT2D eigenvalue weighted by molar-refractivity contribution is 5.37. The van der Waals surface area contributed by atoms with E-state index in [2.05, 4.69) is 23.5 Å². The summed E-state index contributed by atoms with van der Waals surface area (Å²) >= 11 is 0. The van der Waals surface area contributed by atoms with Crippen LogP contribution in [0.1, 0.15) is 31.2 Å². The van der Waals surface area contributed by atoms with E-state index in [1.54, 1.807) is 7.11 Å². The SMILES string of the molecule is COc1ccccc1C1CC(NCC(C)C#N)C1. The molecule has 96 valence electrons. The highest BCUT2D eigenvalue weighted by Crippen LogP contribution is 2.40. The number of rotatable bonds is 5. The van der Waals surface area contributed by atoms with Crippen molar-refractivity contribution in [2.75, 3.05) is 13.7 Å². The lowest BCUT2D eigenvalue weighted by Gasteiger charge is -2.37. The number of para-hydroxylation sites is 1. The van der Waals surface area contributed by atoms with Gasteiger partial charge < -0.3 is 10.1 Å². The number of hydrogen-bond donors (Lipinski definition) is 1. The van der Waals surface area contributed by atoms with E-state index < -0.39 is 0 Å². The normalized spacial score (nSPS) is 23.8. The van der Waals surface area contributed by atoms with E-state index >= 15 is 0 Å². The summed E-state index contributed by atoms with van der Waals surface area (Å²) in [6.45, 7) is 2.74. The van der Waals surface area contributed by atoms with Crippen molar-refractivity contribution in [1.29, 1.82) is 5.26 Å². The third kappa shape index (κ3) is 2.83. The largest absolute Gasteiger partial charge is 0.496 e. The Bertz CT molecular complexity index is 432. The van der Waals surface area contributed by atoms with E-state index in [0.29, 0.717) is 12.0 Å². The van der Waals surface area contributed by atoms with Crippen LogP contribution in [-0.2, 0) is 0 Å². The molecular formula is C15H20N2O. The van der Waals surface area contributed by atoms with Crippen molar-refractivity contribution in [1.82, 2.24) is 5.32 Å². The first-order valence-corrected chi connectivity index (χ1v) is 6.50. The molecule has 0 amide bonds. The van der Waals surface area contributed by atoms with E-state index in [0.717, 1.165) is 25.1 Å². The lowest BCUT2D eigenvalue weighted by molar-refractivity contribution is 0.279. The molecule has 0 saturated heterocycles. The number of nitrogens with one attached hydrogen (secondary N) is 1. The van der Waals surface area contributed by atoms with Gasteiger partial charge in [0.15, 0.2) is 0 Å². The molecule has 1 unspecified atom stereocenters. The number of hydrogen-bond acceptors (Lipinski definition) is 3. The Morgan fingerprint density at radius 3 is 2.83 bits per heavy atom. The van der Waals surface area contributed by atoms with Crippen LogP contribution in [0.5, 0.6) is 5.75 Å². The predicted molar refractivity (Wildman–Crippen MR) is 71.5 cm³/mol. The van der Waals surface area contributed by atoms with Gasteiger partial charge in [-0.1, -0.05) is 18.2 Å². The lowest BCUT2D eigenvalue weighted by Crippen LogP contribution is -2.41.